The zero-order valence-corrected chi connectivity index (χ0v) is 12.5. The summed E-state index contributed by atoms with van der Waals surface area (Å²) in [5.41, 5.74) is 9.15. The largest absolute Gasteiger partial charge is 0.376 e. The molecule has 1 aromatic heterocycles. The van der Waals surface area contributed by atoms with Gasteiger partial charge in [0.2, 0.25) is 5.91 Å². The van der Waals surface area contributed by atoms with Crippen LogP contribution in [-0.2, 0) is 23.1 Å². The topological polar surface area (TPSA) is 80.0 Å². The smallest absolute Gasteiger partial charge is 0.237 e. The summed E-state index contributed by atoms with van der Waals surface area (Å²) in [6, 6.07) is 9.86. The van der Waals surface area contributed by atoms with Crippen LogP contribution in [-0.4, -0.2) is 16.0 Å². The molecule has 22 heavy (non-hydrogen) atoms. The lowest BCUT2D eigenvalue weighted by Crippen LogP contribution is -2.35. The minimum absolute atomic E-state index is 0.0289. The number of rotatable bonds is 1. The Balaban J connectivity index is 1.75. The molecule has 1 atom stereocenters. The van der Waals surface area contributed by atoms with Gasteiger partial charge in [0.05, 0.1) is 5.41 Å². The van der Waals surface area contributed by atoms with Crippen LogP contribution in [0.1, 0.15) is 16.7 Å². The number of amides is 1. The summed E-state index contributed by atoms with van der Waals surface area (Å²) in [7, 11) is 0. The van der Waals surface area contributed by atoms with Crippen LogP contribution < -0.4 is 16.4 Å². The molecule has 1 spiro atoms. The predicted octanol–water partition coefficient (Wildman–Crippen LogP) is 1.73. The van der Waals surface area contributed by atoms with Crippen molar-refractivity contribution in [2.75, 3.05) is 10.6 Å². The zero-order valence-electron chi connectivity index (χ0n) is 11.7. The minimum atomic E-state index is -0.534. The van der Waals surface area contributed by atoms with Crippen LogP contribution in [0, 0.1) is 0 Å². The maximum absolute atomic E-state index is 12.6. The zero-order chi connectivity index (χ0) is 15.3. The fraction of sp³-hybridized carbons (Fsp3) is 0.188. The van der Waals surface area contributed by atoms with E-state index in [4.69, 9.17) is 18.0 Å². The van der Waals surface area contributed by atoms with Gasteiger partial charge in [-0.15, -0.1) is 0 Å². The van der Waals surface area contributed by atoms with Gasteiger partial charge in [-0.05, 0) is 54.4 Å². The number of fused-ring (bicyclic) bond motifs is 3. The van der Waals surface area contributed by atoms with E-state index in [0.29, 0.717) is 18.7 Å². The van der Waals surface area contributed by atoms with Crippen molar-refractivity contribution in [1.29, 1.82) is 0 Å². The predicted molar refractivity (Wildman–Crippen MR) is 88.8 cm³/mol. The first-order chi connectivity index (χ1) is 10.6. The molecule has 2 aromatic rings. The molecule has 4 N–H and O–H groups in total. The molecular weight excluding hydrogens is 296 g/mol. The lowest BCUT2D eigenvalue weighted by Gasteiger charge is -2.20. The first-order valence-electron chi connectivity index (χ1n) is 7.04. The quantitative estimate of drug-likeness (QED) is 0.699. The SMILES string of the molecule is NC(=S)Nc1ccc2c(c1)CC1(C2)C(=O)Nc2ncccc21. The Morgan fingerprint density at radius 2 is 2.14 bits per heavy atom. The van der Waals surface area contributed by atoms with Gasteiger partial charge in [0.1, 0.15) is 5.82 Å². The van der Waals surface area contributed by atoms with E-state index in [1.807, 2.05) is 30.3 Å². The molecule has 2 aliphatic rings. The van der Waals surface area contributed by atoms with Gasteiger partial charge in [-0.25, -0.2) is 4.98 Å². The molecular formula is C16H14N4OS. The first-order valence-corrected chi connectivity index (χ1v) is 7.44. The third kappa shape index (κ3) is 1.80. The molecule has 0 radical (unpaired) electrons. The number of anilines is 2. The molecule has 1 unspecified atom stereocenters. The van der Waals surface area contributed by atoms with E-state index in [9.17, 15) is 4.79 Å². The van der Waals surface area contributed by atoms with Crippen molar-refractivity contribution >= 4 is 34.7 Å². The van der Waals surface area contributed by atoms with Crippen LogP contribution in [0.3, 0.4) is 0 Å². The number of hydrogen-bond donors (Lipinski definition) is 3. The van der Waals surface area contributed by atoms with Crippen LogP contribution in [0.2, 0.25) is 0 Å². The van der Waals surface area contributed by atoms with Crippen molar-refractivity contribution in [2.45, 2.75) is 18.3 Å². The van der Waals surface area contributed by atoms with Gasteiger partial charge in [-0.2, -0.15) is 0 Å². The molecule has 0 bridgehead atoms. The molecule has 110 valence electrons. The van der Waals surface area contributed by atoms with Crippen molar-refractivity contribution < 1.29 is 4.79 Å². The lowest BCUT2D eigenvalue weighted by molar-refractivity contribution is -0.120. The second kappa shape index (κ2) is 4.51. The molecule has 0 saturated heterocycles. The molecule has 1 aliphatic carbocycles. The summed E-state index contributed by atoms with van der Waals surface area (Å²) >= 11 is 4.87. The number of aromatic nitrogens is 1. The van der Waals surface area contributed by atoms with Gasteiger partial charge in [0.25, 0.3) is 0 Å². The Kier molecular flexibility index (Phi) is 2.71. The number of nitrogens with zero attached hydrogens (tertiary/aromatic N) is 1. The summed E-state index contributed by atoms with van der Waals surface area (Å²) in [5, 5.41) is 6.08. The number of benzene rings is 1. The fourth-order valence-corrected chi connectivity index (χ4v) is 3.61. The van der Waals surface area contributed by atoms with Crippen molar-refractivity contribution in [3.05, 3.63) is 53.2 Å². The van der Waals surface area contributed by atoms with Crippen LogP contribution >= 0.6 is 12.2 Å². The van der Waals surface area contributed by atoms with Crippen molar-refractivity contribution in [2.24, 2.45) is 5.73 Å². The summed E-state index contributed by atoms with van der Waals surface area (Å²) in [6.07, 6.45) is 3.06. The molecule has 0 fully saturated rings. The molecule has 6 heteroatoms. The van der Waals surface area contributed by atoms with Gasteiger partial charge in [0, 0.05) is 17.4 Å². The van der Waals surface area contributed by atoms with E-state index in [1.54, 1.807) is 6.20 Å². The van der Waals surface area contributed by atoms with Crippen LogP contribution in [0.5, 0.6) is 0 Å². The van der Waals surface area contributed by atoms with Crippen molar-refractivity contribution in [3.63, 3.8) is 0 Å². The normalized spacial score (nSPS) is 21.4. The van der Waals surface area contributed by atoms with Crippen molar-refractivity contribution in [1.82, 2.24) is 4.98 Å². The summed E-state index contributed by atoms with van der Waals surface area (Å²) in [4.78, 5) is 16.8. The molecule has 1 aromatic carbocycles. The molecule has 2 heterocycles. The van der Waals surface area contributed by atoms with E-state index in [-0.39, 0.29) is 11.0 Å². The van der Waals surface area contributed by atoms with Gasteiger partial charge >= 0.3 is 0 Å². The average Bonchev–Trinajstić information content (AvgIpc) is 2.98. The molecule has 1 amide bonds. The monoisotopic (exact) mass is 310 g/mol. The minimum Gasteiger partial charge on any atom is -0.376 e. The Bertz CT molecular complexity index is 820. The van der Waals surface area contributed by atoms with E-state index < -0.39 is 5.41 Å². The van der Waals surface area contributed by atoms with Crippen LogP contribution in [0.15, 0.2) is 36.5 Å². The highest BCUT2D eigenvalue weighted by Crippen LogP contribution is 2.46. The van der Waals surface area contributed by atoms with E-state index in [1.165, 1.54) is 5.56 Å². The van der Waals surface area contributed by atoms with Gasteiger partial charge in [-0.3, -0.25) is 4.79 Å². The van der Waals surface area contributed by atoms with Gasteiger partial charge in [0.15, 0.2) is 5.11 Å². The van der Waals surface area contributed by atoms with Crippen LogP contribution in [0.25, 0.3) is 0 Å². The van der Waals surface area contributed by atoms with E-state index >= 15 is 0 Å². The number of carbonyl (C=O) groups is 1. The highest BCUT2D eigenvalue weighted by molar-refractivity contribution is 7.80. The molecule has 0 saturated carbocycles. The molecule has 1 aliphatic heterocycles. The van der Waals surface area contributed by atoms with Gasteiger partial charge in [-0.1, -0.05) is 12.1 Å². The summed E-state index contributed by atoms with van der Waals surface area (Å²) in [5.74, 6) is 0.711. The number of nitrogens with two attached hydrogens (primary N) is 1. The third-order valence-electron chi connectivity index (χ3n) is 4.45. The fourth-order valence-electron chi connectivity index (χ4n) is 3.49. The highest BCUT2D eigenvalue weighted by atomic mass is 32.1. The standard InChI is InChI=1S/C16H14N4OS/c17-15(22)19-11-4-3-9-7-16(8-10(9)6-11)12-2-1-5-18-13(12)20-14(16)21/h1-6H,7-8H2,(H3,17,19,22)(H,18,20,21). The summed E-state index contributed by atoms with van der Waals surface area (Å²) < 4.78 is 0. The van der Waals surface area contributed by atoms with E-state index in [0.717, 1.165) is 16.8 Å². The Morgan fingerprint density at radius 3 is 2.95 bits per heavy atom. The Hall–Kier alpha value is -2.47. The number of pyridine rings is 1. The first kappa shape index (κ1) is 13.2. The molecule has 5 nitrogen and oxygen atoms in total. The van der Waals surface area contributed by atoms with Crippen LogP contribution in [0.4, 0.5) is 11.5 Å². The summed E-state index contributed by atoms with van der Waals surface area (Å²) in [6.45, 7) is 0. The molecule has 4 rings (SSSR count). The van der Waals surface area contributed by atoms with Gasteiger partial charge < -0.3 is 16.4 Å². The number of nitrogens with one attached hydrogen (secondary N) is 2. The lowest BCUT2D eigenvalue weighted by atomic mass is 9.79. The number of thiocarbonyl (C=S) groups is 1. The van der Waals surface area contributed by atoms with E-state index in [2.05, 4.69) is 15.6 Å². The van der Waals surface area contributed by atoms with Crippen molar-refractivity contribution in [3.8, 4) is 0 Å². The third-order valence-corrected chi connectivity index (χ3v) is 4.55. The Labute approximate surface area is 132 Å². The highest BCUT2D eigenvalue weighted by Gasteiger charge is 2.50. The second-order valence-electron chi connectivity index (χ2n) is 5.76. The maximum Gasteiger partial charge on any atom is 0.237 e. The maximum atomic E-state index is 12.6. The number of hydrogen-bond acceptors (Lipinski definition) is 3. The number of carbonyl (C=O) groups excluding carboxylic acids is 1. The second-order valence-corrected chi connectivity index (χ2v) is 6.20. The Morgan fingerprint density at radius 1 is 1.32 bits per heavy atom. The average molecular weight is 310 g/mol.